The van der Waals surface area contributed by atoms with Gasteiger partial charge in [0.2, 0.25) is 0 Å². The van der Waals surface area contributed by atoms with Crippen LogP contribution in [0.3, 0.4) is 0 Å². The fourth-order valence-corrected chi connectivity index (χ4v) is 3.10. The second kappa shape index (κ2) is 6.15. The molecule has 0 bridgehead atoms. The lowest BCUT2D eigenvalue weighted by Crippen LogP contribution is -2.31. The molecule has 0 saturated heterocycles. The van der Waals surface area contributed by atoms with Gasteiger partial charge in [0, 0.05) is 0 Å². The van der Waals surface area contributed by atoms with Gasteiger partial charge in [0.1, 0.15) is 0 Å². The summed E-state index contributed by atoms with van der Waals surface area (Å²) in [7, 11) is 0. The van der Waals surface area contributed by atoms with Gasteiger partial charge < -0.3 is 0 Å². The Balaban J connectivity index is 1.83. The molecule has 1 aliphatic rings. The Hall–Kier alpha value is -1.72. The van der Waals surface area contributed by atoms with Gasteiger partial charge in [-0.25, -0.2) is 4.68 Å². The summed E-state index contributed by atoms with van der Waals surface area (Å²) in [5.74, 6) is 6.53. The molecule has 1 saturated carbocycles. The lowest BCUT2D eigenvalue weighted by Gasteiger charge is -2.20. The molecule has 5 heteroatoms. The van der Waals surface area contributed by atoms with E-state index in [0.29, 0.717) is 0 Å². The van der Waals surface area contributed by atoms with E-state index in [0.717, 1.165) is 23.7 Å². The largest absolute Gasteiger partial charge is 0.271 e. The van der Waals surface area contributed by atoms with Gasteiger partial charge in [0.05, 0.1) is 23.6 Å². The average Bonchev–Trinajstić information content (AvgIpc) is 3.17. The standard InChI is InChI=1S/C15H21N5/c16-18-14(10-12-6-4-5-7-12)15-11-17-19-20(15)13-8-2-1-3-9-13/h1-3,8-9,11-12,14,18H,4-7,10,16H2. The number of hydrogen-bond acceptors (Lipinski definition) is 4. The molecular formula is C15H21N5. The number of para-hydroxylation sites is 1. The number of benzene rings is 1. The normalized spacial score (nSPS) is 17.4. The van der Waals surface area contributed by atoms with Gasteiger partial charge >= 0.3 is 0 Å². The van der Waals surface area contributed by atoms with E-state index in [2.05, 4.69) is 15.7 Å². The first kappa shape index (κ1) is 13.3. The van der Waals surface area contributed by atoms with Crippen molar-refractivity contribution in [2.45, 2.75) is 38.1 Å². The molecule has 1 aromatic carbocycles. The van der Waals surface area contributed by atoms with Gasteiger partial charge in [-0.2, -0.15) is 0 Å². The minimum absolute atomic E-state index is 0.105. The zero-order chi connectivity index (χ0) is 13.8. The van der Waals surface area contributed by atoms with Gasteiger partial charge in [0.15, 0.2) is 0 Å². The zero-order valence-electron chi connectivity index (χ0n) is 11.6. The molecule has 0 aliphatic heterocycles. The maximum Gasteiger partial charge on any atom is 0.0828 e. The minimum atomic E-state index is 0.105. The number of hydrazine groups is 1. The fraction of sp³-hybridized carbons (Fsp3) is 0.467. The SMILES string of the molecule is NNC(CC1CCCC1)c1cnnn1-c1ccccc1. The van der Waals surface area contributed by atoms with Crippen LogP contribution < -0.4 is 11.3 Å². The Morgan fingerprint density at radius 2 is 2.00 bits per heavy atom. The van der Waals surface area contributed by atoms with Crippen molar-refractivity contribution >= 4 is 0 Å². The molecule has 1 heterocycles. The number of hydrogen-bond donors (Lipinski definition) is 2. The van der Waals surface area contributed by atoms with Crippen molar-refractivity contribution in [1.82, 2.24) is 20.4 Å². The first-order valence-corrected chi connectivity index (χ1v) is 7.30. The molecular weight excluding hydrogens is 250 g/mol. The van der Waals surface area contributed by atoms with Crippen molar-refractivity contribution in [2.24, 2.45) is 11.8 Å². The summed E-state index contributed by atoms with van der Waals surface area (Å²) in [6.45, 7) is 0. The second-order valence-electron chi connectivity index (χ2n) is 5.51. The molecule has 1 aromatic heterocycles. The Morgan fingerprint density at radius 3 is 2.70 bits per heavy atom. The van der Waals surface area contributed by atoms with Crippen LogP contribution in [-0.4, -0.2) is 15.0 Å². The lowest BCUT2D eigenvalue weighted by atomic mass is 9.97. The van der Waals surface area contributed by atoms with Gasteiger partial charge in [-0.05, 0) is 24.5 Å². The highest BCUT2D eigenvalue weighted by atomic mass is 15.4. The van der Waals surface area contributed by atoms with Crippen molar-refractivity contribution in [3.05, 3.63) is 42.2 Å². The average molecular weight is 271 g/mol. The van der Waals surface area contributed by atoms with Crippen molar-refractivity contribution in [3.8, 4) is 5.69 Å². The highest BCUT2D eigenvalue weighted by Crippen LogP contribution is 2.32. The summed E-state index contributed by atoms with van der Waals surface area (Å²) >= 11 is 0. The molecule has 2 aromatic rings. The van der Waals surface area contributed by atoms with E-state index in [1.807, 2.05) is 41.2 Å². The van der Waals surface area contributed by atoms with Crippen LogP contribution in [0, 0.1) is 5.92 Å². The van der Waals surface area contributed by atoms with Crippen LogP contribution in [0.1, 0.15) is 43.8 Å². The Labute approximate surface area is 119 Å². The van der Waals surface area contributed by atoms with E-state index in [1.54, 1.807) is 0 Å². The molecule has 0 spiro atoms. The van der Waals surface area contributed by atoms with Gasteiger partial charge in [-0.15, -0.1) is 5.10 Å². The van der Waals surface area contributed by atoms with Gasteiger partial charge in [-0.3, -0.25) is 11.3 Å². The van der Waals surface area contributed by atoms with E-state index < -0.39 is 0 Å². The van der Waals surface area contributed by atoms with E-state index in [9.17, 15) is 0 Å². The van der Waals surface area contributed by atoms with Crippen LogP contribution in [-0.2, 0) is 0 Å². The maximum absolute atomic E-state index is 5.77. The fourth-order valence-electron chi connectivity index (χ4n) is 3.10. The Kier molecular flexibility index (Phi) is 4.08. The van der Waals surface area contributed by atoms with E-state index >= 15 is 0 Å². The monoisotopic (exact) mass is 271 g/mol. The molecule has 3 rings (SSSR count). The third-order valence-corrected chi connectivity index (χ3v) is 4.18. The quantitative estimate of drug-likeness (QED) is 0.647. The summed E-state index contributed by atoms with van der Waals surface area (Å²) in [6, 6.07) is 10.2. The molecule has 3 N–H and O–H groups in total. The van der Waals surface area contributed by atoms with E-state index in [1.165, 1.54) is 25.7 Å². The third-order valence-electron chi connectivity index (χ3n) is 4.18. The number of rotatable bonds is 5. The number of nitrogens with zero attached hydrogens (tertiary/aromatic N) is 3. The highest BCUT2D eigenvalue weighted by Gasteiger charge is 2.23. The first-order valence-electron chi connectivity index (χ1n) is 7.30. The third kappa shape index (κ3) is 2.73. The van der Waals surface area contributed by atoms with Crippen molar-refractivity contribution in [1.29, 1.82) is 0 Å². The van der Waals surface area contributed by atoms with Gasteiger partial charge in [0.25, 0.3) is 0 Å². The van der Waals surface area contributed by atoms with E-state index in [4.69, 9.17) is 5.84 Å². The predicted octanol–water partition coefficient (Wildman–Crippen LogP) is 2.35. The number of nitrogens with one attached hydrogen (secondary N) is 1. The van der Waals surface area contributed by atoms with Crippen LogP contribution in [0.25, 0.3) is 5.69 Å². The van der Waals surface area contributed by atoms with Crippen molar-refractivity contribution in [3.63, 3.8) is 0 Å². The molecule has 20 heavy (non-hydrogen) atoms. The van der Waals surface area contributed by atoms with Crippen LogP contribution in [0.4, 0.5) is 0 Å². The molecule has 1 atom stereocenters. The number of nitrogens with two attached hydrogens (primary N) is 1. The summed E-state index contributed by atoms with van der Waals surface area (Å²) < 4.78 is 1.87. The zero-order valence-corrected chi connectivity index (χ0v) is 11.6. The van der Waals surface area contributed by atoms with Crippen LogP contribution in [0.15, 0.2) is 36.5 Å². The molecule has 5 nitrogen and oxygen atoms in total. The summed E-state index contributed by atoms with van der Waals surface area (Å²) in [5.41, 5.74) is 4.99. The smallest absolute Gasteiger partial charge is 0.0828 e. The minimum Gasteiger partial charge on any atom is -0.271 e. The van der Waals surface area contributed by atoms with Gasteiger partial charge in [-0.1, -0.05) is 49.1 Å². The number of aromatic nitrogens is 3. The molecule has 0 amide bonds. The highest BCUT2D eigenvalue weighted by molar-refractivity contribution is 5.32. The van der Waals surface area contributed by atoms with Crippen LogP contribution in [0.2, 0.25) is 0 Å². The summed E-state index contributed by atoms with van der Waals surface area (Å²) in [5, 5.41) is 8.26. The lowest BCUT2D eigenvalue weighted by molar-refractivity contribution is 0.389. The summed E-state index contributed by atoms with van der Waals surface area (Å²) in [4.78, 5) is 0. The van der Waals surface area contributed by atoms with Crippen LogP contribution in [0.5, 0.6) is 0 Å². The molecule has 106 valence electrons. The first-order chi connectivity index (χ1) is 9.88. The maximum atomic E-state index is 5.77. The molecule has 1 unspecified atom stereocenters. The summed E-state index contributed by atoms with van der Waals surface area (Å²) in [6.07, 6.45) is 8.18. The Bertz CT molecular complexity index is 530. The Morgan fingerprint density at radius 1 is 1.25 bits per heavy atom. The molecule has 0 radical (unpaired) electrons. The van der Waals surface area contributed by atoms with Crippen molar-refractivity contribution in [2.75, 3.05) is 0 Å². The molecule has 1 aliphatic carbocycles. The van der Waals surface area contributed by atoms with Crippen molar-refractivity contribution < 1.29 is 0 Å². The topological polar surface area (TPSA) is 68.8 Å². The molecule has 1 fully saturated rings. The van der Waals surface area contributed by atoms with E-state index in [-0.39, 0.29) is 6.04 Å². The predicted molar refractivity (Wildman–Crippen MR) is 78.0 cm³/mol. The van der Waals surface area contributed by atoms with Crippen LogP contribution >= 0.6 is 0 Å². The second-order valence-corrected chi connectivity index (χ2v) is 5.51.